The van der Waals surface area contributed by atoms with Gasteiger partial charge in [0.05, 0.1) is 17.3 Å². The summed E-state index contributed by atoms with van der Waals surface area (Å²) in [5.41, 5.74) is -0.262. The molecule has 0 aromatic carbocycles. The van der Waals surface area contributed by atoms with E-state index < -0.39 is 5.60 Å². The van der Waals surface area contributed by atoms with Crippen molar-refractivity contribution in [2.24, 2.45) is 58.2 Å². The van der Waals surface area contributed by atoms with Gasteiger partial charge in [-0.15, -0.1) is 0 Å². The van der Waals surface area contributed by atoms with Gasteiger partial charge in [0, 0.05) is 26.4 Å². The van der Waals surface area contributed by atoms with Gasteiger partial charge in [0.2, 0.25) is 0 Å². The topological polar surface area (TPSA) is 142 Å². The Morgan fingerprint density at radius 1 is 0.615 bits per heavy atom. The van der Waals surface area contributed by atoms with Crippen molar-refractivity contribution in [3.05, 3.63) is 0 Å². The van der Waals surface area contributed by atoms with Gasteiger partial charge in [-0.2, -0.15) is 0 Å². The van der Waals surface area contributed by atoms with Crippen LogP contribution in [0.15, 0.2) is 0 Å². The number of hydrogen-bond acceptors (Lipinski definition) is 7. The van der Waals surface area contributed by atoms with E-state index in [2.05, 4.69) is 111 Å². The molecule has 0 amide bonds. The Balaban J connectivity index is -0.000000166. The third-order valence-corrected chi connectivity index (χ3v) is 9.87. The first-order valence-electron chi connectivity index (χ1n) is 20.9. The molecule has 0 aromatic heterocycles. The SMILES string of the molecule is CC(C)C(C)(C)CO.CC(C)C(C)CO.CC(C)C1(CO)CC1.CC(C)CC(C)(C)O.CC(C)CC(C)O.CC(C)CC1(O)CC1.CC(C)CCO. The molecule has 322 valence electrons. The summed E-state index contributed by atoms with van der Waals surface area (Å²) in [6.45, 7) is 42.7. The molecule has 0 aromatic rings. The predicted molar refractivity (Wildman–Crippen MR) is 227 cm³/mol. The molecule has 2 atom stereocenters. The molecular formula is C45H100O7. The summed E-state index contributed by atoms with van der Waals surface area (Å²) in [5.74, 6) is 4.83. The first kappa shape index (κ1) is 61.0. The van der Waals surface area contributed by atoms with Crippen molar-refractivity contribution in [2.45, 2.75) is 207 Å². The molecular weight excluding hydrogens is 652 g/mol. The molecule has 7 heteroatoms. The normalized spacial score (nSPS) is 16.5. The summed E-state index contributed by atoms with van der Waals surface area (Å²) in [6.07, 6.45) is 8.14. The van der Waals surface area contributed by atoms with Crippen molar-refractivity contribution in [3.63, 3.8) is 0 Å². The van der Waals surface area contributed by atoms with E-state index in [4.69, 9.17) is 25.5 Å². The second-order valence-corrected chi connectivity index (χ2v) is 20.0. The van der Waals surface area contributed by atoms with Gasteiger partial charge in [0.1, 0.15) is 0 Å². The van der Waals surface area contributed by atoms with Gasteiger partial charge in [-0.25, -0.2) is 0 Å². The standard InChI is InChI=1S/2C7H14O.2C7H16O.2C6H14O.C5H12O/c1-6(2)7(5-8)3-4-7;1-6(2)5-7(8)3-4-7;1-6(2)7(3,4)5-8;1-6(2)5-7(3,4)8;1-5(2)6(3)4-7;1-5(2)4-6(3)7;1-5(2)3-4-6/h2*6,8H,3-5H2,1-2H3;2*6,8H,5H2,1-4H3;2*5-7H,4H2,1-3H3;5-6H,3-4H2,1-2H3. The van der Waals surface area contributed by atoms with Crippen LogP contribution in [0.1, 0.15) is 190 Å². The molecule has 0 heterocycles. The minimum atomic E-state index is -0.478. The van der Waals surface area contributed by atoms with Crippen molar-refractivity contribution in [2.75, 3.05) is 26.4 Å². The van der Waals surface area contributed by atoms with E-state index in [-0.39, 0.29) is 23.7 Å². The smallest absolute Gasteiger partial charge is 0.0652 e. The van der Waals surface area contributed by atoms with E-state index in [0.717, 1.165) is 38.5 Å². The molecule has 7 N–H and O–H groups in total. The lowest BCUT2D eigenvalue weighted by Gasteiger charge is -2.25. The summed E-state index contributed by atoms with van der Waals surface area (Å²) in [5, 5.41) is 61.5. The van der Waals surface area contributed by atoms with Crippen molar-refractivity contribution in [3.8, 4) is 0 Å². The molecule has 0 bridgehead atoms. The lowest BCUT2D eigenvalue weighted by molar-refractivity contribution is 0.0578. The van der Waals surface area contributed by atoms with Crippen LogP contribution in [0.5, 0.6) is 0 Å². The molecule has 0 aliphatic heterocycles. The minimum Gasteiger partial charge on any atom is -0.396 e. The Morgan fingerprint density at radius 3 is 1.08 bits per heavy atom. The molecule has 2 rings (SSSR count). The fourth-order valence-electron chi connectivity index (χ4n) is 4.52. The van der Waals surface area contributed by atoms with E-state index in [1.165, 1.54) is 12.8 Å². The van der Waals surface area contributed by atoms with Crippen LogP contribution in [0.25, 0.3) is 0 Å². The fraction of sp³-hybridized carbons (Fsp3) is 1.00. The van der Waals surface area contributed by atoms with Crippen LogP contribution in [0.3, 0.4) is 0 Å². The van der Waals surface area contributed by atoms with E-state index in [0.29, 0.717) is 72.6 Å². The van der Waals surface area contributed by atoms with E-state index in [1.807, 2.05) is 27.7 Å². The van der Waals surface area contributed by atoms with Gasteiger partial charge in [-0.3, -0.25) is 0 Å². The number of rotatable bonds is 14. The number of aliphatic hydroxyl groups is 7. The molecule has 2 saturated carbocycles. The van der Waals surface area contributed by atoms with Crippen LogP contribution >= 0.6 is 0 Å². The van der Waals surface area contributed by atoms with Gasteiger partial charge in [-0.1, -0.05) is 118 Å². The van der Waals surface area contributed by atoms with Gasteiger partial charge in [0.25, 0.3) is 0 Å². The summed E-state index contributed by atoms with van der Waals surface area (Å²) in [4.78, 5) is 0. The first-order chi connectivity index (χ1) is 23.3. The number of aliphatic hydroxyl groups excluding tert-OH is 5. The lowest BCUT2D eigenvalue weighted by atomic mass is 9.82. The molecule has 2 aliphatic carbocycles. The Kier molecular flexibility index (Phi) is 37.4. The Morgan fingerprint density at radius 2 is 1.06 bits per heavy atom. The van der Waals surface area contributed by atoms with Crippen LogP contribution in [-0.4, -0.2) is 79.5 Å². The highest BCUT2D eigenvalue weighted by Gasteiger charge is 2.44. The molecule has 0 saturated heterocycles. The van der Waals surface area contributed by atoms with Crippen LogP contribution < -0.4 is 0 Å². The number of hydrogen-bond donors (Lipinski definition) is 7. The van der Waals surface area contributed by atoms with Crippen molar-refractivity contribution in [1.29, 1.82) is 0 Å². The average molecular weight is 753 g/mol. The van der Waals surface area contributed by atoms with Gasteiger partial charge < -0.3 is 35.7 Å². The monoisotopic (exact) mass is 753 g/mol. The Labute approximate surface area is 326 Å². The largest absolute Gasteiger partial charge is 0.396 e. The van der Waals surface area contributed by atoms with Crippen molar-refractivity contribution < 1.29 is 35.7 Å². The maximum atomic E-state index is 9.30. The highest BCUT2D eigenvalue weighted by Crippen LogP contribution is 2.51. The highest BCUT2D eigenvalue weighted by molar-refractivity contribution is 4.94. The van der Waals surface area contributed by atoms with Crippen LogP contribution in [0, 0.1) is 58.2 Å². The molecule has 0 radical (unpaired) electrons. The second-order valence-electron chi connectivity index (χ2n) is 20.0. The van der Waals surface area contributed by atoms with E-state index in [1.54, 1.807) is 0 Å². The van der Waals surface area contributed by atoms with Gasteiger partial charge >= 0.3 is 0 Å². The van der Waals surface area contributed by atoms with Crippen LogP contribution in [-0.2, 0) is 0 Å². The van der Waals surface area contributed by atoms with Gasteiger partial charge in [-0.05, 0) is 130 Å². The third-order valence-electron chi connectivity index (χ3n) is 9.87. The van der Waals surface area contributed by atoms with Crippen molar-refractivity contribution in [1.82, 2.24) is 0 Å². The van der Waals surface area contributed by atoms with E-state index >= 15 is 0 Å². The molecule has 2 unspecified atom stereocenters. The first-order valence-corrected chi connectivity index (χ1v) is 20.9. The predicted octanol–water partition coefficient (Wildman–Crippen LogP) is 10.1. The fourth-order valence-corrected chi connectivity index (χ4v) is 4.52. The lowest BCUT2D eigenvalue weighted by Crippen LogP contribution is -2.23. The average Bonchev–Trinajstić information content (AvgIpc) is 3.89. The minimum absolute atomic E-state index is 0.0972. The summed E-state index contributed by atoms with van der Waals surface area (Å²) in [7, 11) is 0. The summed E-state index contributed by atoms with van der Waals surface area (Å²) >= 11 is 0. The molecule has 2 fully saturated rings. The molecule has 0 spiro atoms. The van der Waals surface area contributed by atoms with Crippen LogP contribution in [0.2, 0.25) is 0 Å². The maximum absolute atomic E-state index is 9.30. The maximum Gasteiger partial charge on any atom is 0.0652 e. The summed E-state index contributed by atoms with van der Waals surface area (Å²) < 4.78 is 0. The van der Waals surface area contributed by atoms with Crippen LogP contribution in [0.4, 0.5) is 0 Å². The zero-order chi connectivity index (χ0) is 42.7. The second kappa shape index (κ2) is 31.9. The zero-order valence-corrected chi connectivity index (χ0v) is 38.8. The summed E-state index contributed by atoms with van der Waals surface area (Å²) in [6, 6.07) is 0. The molecule has 7 nitrogen and oxygen atoms in total. The Bertz CT molecular complexity index is 714. The quantitative estimate of drug-likeness (QED) is 0.0937. The van der Waals surface area contributed by atoms with E-state index in [9.17, 15) is 10.2 Å². The zero-order valence-electron chi connectivity index (χ0n) is 38.8. The van der Waals surface area contributed by atoms with Gasteiger partial charge in [0.15, 0.2) is 0 Å². The van der Waals surface area contributed by atoms with Crippen molar-refractivity contribution >= 4 is 0 Å². The third kappa shape index (κ3) is 45.9. The molecule has 52 heavy (non-hydrogen) atoms. The molecule has 2 aliphatic rings. The Hall–Kier alpha value is -0.280. The highest BCUT2D eigenvalue weighted by atomic mass is 16.3.